The highest BCUT2D eigenvalue weighted by molar-refractivity contribution is 7.13. The van der Waals surface area contributed by atoms with E-state index in [9.17, 15) is 4.79 Å². The van der Waals surface area contributed by atoms with Gasteiger partial charge in [-0.15, -0.1) is 11.3 Å². The number of thiazole rings is 1. The maximum Gasteiger partial charge on any atom is 0.266 e. The smallest absolute Gasteiger partial charge is 0.266 e. The Hall–Kier alpha value is -0.940. The fourth-order valence-corrected chi connectivity index (χ4v) is 3.97. The molecule has 2 rings (SSSR count). The molecule has 4 nitrogen and oxygen atoms in total. The van der Waals surface area contributed by atoms with Gasteiger partial charge in [-0.3, -0.25) is 4.79 Å². The van der Waals surface area contributed by atoms with E-state index in [2.05, 4.69) is 18.8 Å². The topological polar surface area (TPSA) is 59.2 Å². The Labute approximate surface area is 125 Å². The van der Waals surface area contributed by atoms with E-state index in [0.717, 1.165) is 47.8 Å². The zero-order valence-electron chi connectivity index (χ0n) is 12.7. The molecule has 2 N–H and O–H groups in total. The molecule has 0 spiro atoms. The van der Waals surface area contributed by atoms with Gasteiger partial charge in [0.1, 0.15) is 4.88 Å². The third kappa shape index (κ3) is 3.20. The summed E-state index contributed by atoms with van der Waals surface area (Å²) in [5.41, 5.74) is 6.73. The number of likely N-dealkylation sites (tertiary alicyclic amines) is 1. The Morgan fingerprint density at radius 1 is 1.55 bits per heavy atom. The Morgan fingerprint density at radius 2 is 2.30 bits per heavy atom. The van der Waals surface area contributed by atoms with Crippen LogP contribution in [0.3, 0.4) is 0 Å². The van der Waals surface area contributed by atoms with Crippen molar-refractivity contribution in [1.82, 2.24) is 9.88 Å². The predicted molar refractivity (Wildman–Crippen MR) is 83.1 cm³/mol. The van der Waals surface area contributed by atoms with E-state index in [0.29, 0.717) is 12.5 Å². The molecule has 0 radical (unpaired) electrons. The highest BCUT2D eigenvalue weighted by Crippen LogP contribution is 2.27. The van der Waals surface area contributed by atoms with Crippen molar-refractivity contribution >= 4 is 17.2 Å². The van der Waals surface area contributed by atoms with Crippen LogP contribution >= 0.6 is 11.3 Å². The van der Waals surface area contributed by atoms with Crippen molar-refractivity contribution in [2.45, 2.75) is 52.5 Å². The number of rotatable bonds is 4. The van der Waals surface area contributed by atoms with Crippen LogP contribution in [-0.2, 0) is 6.42 Å². The molecule has 1 aliphatic heterocycles. The molecule has 1 aromatic rings. The summed E-state index contributed by atoms with van der Waals surface area (Å²) in [7, 11) is 0. The second-order valence-electron chi connectivity index (χ2n) is 5.79. The SMILES string of the molecule is CCCc1nc(C)c(C(=O)N2CCC(C)CC2CN)s1. The largest absolute Gasteiger partial charge is 0.334 e. The fourth-order valence-electron chi connectivity index (χ4n) is 2.84. The first-order valence-corrected chi connectivity index (χ1v) is 8.35. The Kier molecular flexibility index (Phi) is 5.16. The van der Waals surface area contributed by atoms with Gasteiger partial charge in [-0.1, -0.05) is 13.8 Å². The van der Waals surface area contributed by atoms with Crippen LogP contribution in [0.15, 0.2) is 0 Å². The number of nitrogens with zero attached hydrogens (tertiary/aromatic N) is 2. The number of piperidine rings is 1. The number of aryl methyl sites for hydroxylation is 2. The lowest BCUT2D eigenvalue weighted by Gasteiger charge is -2.37. The van der Waals surface area contributed by atoms with Crippen molar-refractivity contribution in [3.8, 4) is 0 Å². The average molecular weight is 295 g/mol. The van der Waals surface area contributed by atoms with Gasteiger partial charge < -0.3 is 10.6 Å². The molecule has 0 aromatic carbocycles. The van der Waals surface area contributed by atoms with Crippen molar-refractivity contribution in [3.05, 3.63) is 15.6 Å². The van der Waals surface area contributed by atoms with Crippen LogP contribution in [0.2, 0.25) is 0 Å². The van der Waals surface area contributed by atoms with E-state index in [1.165, 1.54) is 0 Å². The summed E-state index contributed by atoms with van der Waals surface area (Å²) in [6.45, 7) is 7.68. The van der Waals surface area contributed by atoms with E-state index >= 15 is 0 Å². The van der Waals surface area contributed by atoms with Gasteiger partial charge in [0.25, 0.3) is 5.91 Å². The van der Waals surface area contributed by atoms with Crippen molar-refractivity contribution in [2.75, 3.05) is 13.1 Å². The monoisotopic (exact) mass is 295 g/mol. The molecule has 1 aromatic heterocycles. The molecule has 2 atom stereocenters. The molecule has 2 heterocycles. The van der Waals surface area contributed by atoms with E-state index < -0.39 is 0 Å². The summed E-state index contributed by atoms with van der Waals surface area (Å²) in [6, 6.07) is 0.183. The van der Waals surface area contributed by atoms with Crippen LogP contribution in [0.25, 0.3) is 0 Å². The van der Waals surface area contributed by atoms with Gasteiger partial charge in [0.05, 0.1) is 10.7 Å². The minimum Gasteiger partial charge on any atom is -0.334 e. The maximum atomic E-state index is 12.8. The molecule has 5 heteroatoms. The molecule has 0 aliphatic carbocycles. The van der Waals surface area contributed by atoms with E-state index in [-0.39, 0.29) is 11.9 Å². The lowest BCUT2D eigenvalue weighted by atomic mass is 9.92. The molecule has 2 unspecified atom stereocenters. The fraction of sp³-hybridized carbons (Fsp3) is 0.733. The zero-order chi connectivity index (χ0) is 14.7. The minimum atomic E-state index is 0.129. The maximum absolute atomic E-state index is 12.8. The van der Waals surface area contributed by atoms with Gasteiger partial charge in [0.2, 0.25) is 0 Å². The number of carbonyl (C=O) groups excluding carboxylic acids is 1. The highest BCUT2D eigenvalue weighted by Gasteiger charge is 2.31. The lowest BCUT2D eigenvalue weighted by molar-refractivity contribution is 0.0577. The standard InChI is InChI=1S/C15H25N3OS/c1-4-5-13-17-11(3)14(20-13)15(19)18-7-6-10(2)8-12(18)9-16/h10,12H,4-9,16H2,1-3H3. The first-order chi connectivity index (χ1) is 9.56. The summed E-state index contributed by atoms with van der Waals surface area (Å²) < 4.78 is 0. The van der Waals surface area contributed by atoms with Gasteiger partial charge in [-0.25, -0.2) is 4.98 Å². The van der Waals surface area contributed by atoms with Crippen LogP contribution in [0.1, 0.15) is 53.5 Å². The number of amides is 1. The third-order valence-corrected chi connectivity index (χ3v) is 5.22. The summed E-state index contributed by atoms with van der Waals surface area (Å²) in [6.07, 6.45) is 4.10. The zero-order valence-corrected chi connectivity index (χ0v) is 13.5. The van der Waals surface area contributed by atoms with E-state index in [1.54, 1.807) is 11.3 Å². The summed E-state index contributed by atoms with van der Waals surface area (Å²) in [5.74, 6) is 0.788. The molecule has 1 saturated heterocycles. The number of hydrogen-bond acceptors (Lipinski definition) is 4. The molecule has 0 saturated carbocycles. The van der Waals surface area contributed by atoms with Crippen LogP contribution in [0, 0.1) is 12.8 Å². The molecular formula is C15H25N3OS. The minimum absolute atomic E-state index is 0.129. The molecule has 20 heavy (non-hydrogen) atoms. The van der Waals surface area contributed by atoms with Gasteiger partial charge in [0, 0.05) is 19.1 Å². The molecular weight excluding hydrogens is 270 g/mol. The summed E-state index contributed by atoms with van der Waals surface area (Å²) in [5, 5.41) is 1.07. The molecule has 0 bridgehead atoms. The van der Waals surface area contributed by atoms with Gasteiger partial charge in [-0.05, 0) is 38.5 Å². The molecule has 1 aliphatic rings. The van der Waals surface area contributed by atoms with Crippen LogP contribution in [0.5, 0.6) is 0 Å². The Morgan fingerprint density at radius 3 is 2.95 bits per heavy atom. The number of aromatic nitrogens is 1. The number of hydrogen-bond donors (Lipinski definition) is 1. The Bertz CT molecular complexity index is 472. The number of nitrogens with two attached hydrogens (primary N) is 1. The van der Waals surface area contributed by atoms with Crippen molar-refractivity contribution in [2.24, 2.45) is 11.7 Å². The summed E-state index contributed by atoms with van der Waals surface area (Å²) in [4.78, 5) is 20.1. The highest BCUT2D eigenvalue weighted by atomic mass is 32.1. The third-order valence-electron chi connectivity index (χ3n) is 4.01. The van der Waals surface area contributed by atoms with Crippen LogP contribution in [0.4, 0.5) is 0 Å². The lowest BCUT2D eigenvalue weighted by Crippen LogP contribution is -2.49. The first-order valence-electron chi connectivity index (χ1n) is 7.54. The van der Waals surface area contributed by atoms with Crippen molar-refractivity contribution in [3.63, 3.8) is 0 Å². The van der Waals surface area contributed by atoms with Gasteiger partial charge in [-0.2, -0.15) is 0 Å². The first kappa shape index (κ1) is 15.4. The molecule has 1 amide bonds. The van der Waals surface area contributed by atoms with E-state index in [1.807, 2.05) is 11.8 Å². The molecule has 1 fully saturated rings. The quantitative estimate of drug-likeness (QED) is 0.929. The summed E-state index contributed by atoms with van der Waals surface area (Å²) >= 11 is 1.56. The Balaban J connectivity index is 2.17. The second kappa shape index (κ2) is 6.68. The normalized spacial score (nSPS) is 23.1. The van der Waals surface area contributed by atoms with Crippen molar-refractivity contribution in [1.29, 1.82) is 0 Å². The van der Waals surface area contributed by atoms with Crippen LogP contribution in [-0.4, -0.2) is 34.9 Å². The van der Waals surface area contributed by atoms with Crippen molar-refractivity contribution < 1.29 is 4.79 Å². The van der Waals surface area contributed by atoms with Gasteiger partial charge >= 0.3 is 0 Å². The average Bonchev–Trinajstić information content (AvgIpc) is 2.79. The predicted octanol–water partition coefficient (Wildman–Crippen LogP) is 2.60. The van der Waals surface area contributed by atoms with E-state index in [4.69, 9.17) is 5.73 Å². The second-order valence-corrected chi connectivity index (χ2v) is 6.87. The number of carbonyl (C=O) groups is 1. The van der Waals surface area contributed by atoms with Gasteiger partial charge in [0.15, 0.2) is 0 Å². The van der Waals surface area contributed by atoms with Crippen LogP contribution < -0.4 is 5.73 Å². The molecule has 112 valence electrons.